The number of rotatable bonds is 3. The van der Waals surface area contributed by atoms with Gasteiger partial charge in [0, 0.05) is 13.0 Å². The van der Waals surface area contributed by atoms with E-state index in [2.05, 4.69) is 13.8 Å². The van der Waals surface area contributed by atoms with Crippen LogP contribution in [0.3, 0.4) is 0 Å². The monoisotopic (exact) mass is 267 g/mol. The predicted octanol–water partition coefficient (Wildman–Crippen LogP) is 2.67. The van der Waals surface area contributed by atoms with Crippen LogP contribution in [-0.4, -0.2) is 34.5 Å². The van der Waals surface area contributed by atoms with E-state index >= 15 is 0 Å². The van der Waals surface area contributed by atoms with Gasteiger partial charge in [-0.3, -0.25) is 4.79 Å². The van der Waals surface area contributed by atoms with Crippen molar-refractivity contribution in [2.45, 2.75) is 64.8 Å². The molecule has 4 nitrogen and oxygen atoms in total. The Hall–Kier alpha value is -1.06. The second kappa shape index (κ2) is 5.51. The van der Waals surface area contributed by atoms with Gasteiger partial charge in [-0.1, -0.05) is 26.7 Å². The zero-order valence-electron chi connectivity index (χ0n) is 12.0. The lowest BCUT2D eigenvalue weighted by Crippen LogP contribution is -2.42. The molecule has 0 radical (unpaired) electrons. The Morgan fingerprint density at radius 1 is 1.21 bits per heavy atom. The summed E-state index contributed by atoms with van der Waals surface area (Å²) in [7, 11) is 0. The van der Waals surface area contributed by atoms with E-state index in [1.165, 1.54) is 19.3 Å². The molecule has 2 fully saturated rings. The highest BCUT2D eigenvalue weighted by Crippen LogP contribution is 2.42. The van der Waals surface area contributed by atoms with Crippen LogP contribution in [0.5, 0.6) is 0 Å². The van der Waals surface area contributed by atoms with Gasteiger partial charge in [0.2, 0.25) is 5.91 Å². The van der Waals surface area contributed by atoms with Crippen LogP contribution in [0.1, 0.15) is 58.8 Å². The molecular formula is C15H25NO3. The zero-order valence-corrected chi connectivity index (χ0v) is 12.0. The summed E-state index contributed by atoms with van der Waals surface area (Å²) in [5.74, 6) is -0.401. The second-order valence-electron chi connectivity index (χ2n) is 6.72. The largest absolute Gasteiger partial charge is 0.480 e. The number of likely N-dealkylation sites (tertiary alicyclic amines) is 1. The lowest BCUT2D eigenvalue weighted by molar-refractivity contribution is -0.149. The molecule has 1 heterocycles. The molecule has 1 aliphatic heterocycles. The van der Waals surface area contributed by atoms with Crippen molar-refractivity contribution in [3.8, 4) is 0 Å². The van der Waals surface area contributed by atoms with Crippen LogP contribution in [0.2, 0.25) is 0 Å². The van der Waals surface area contributed by atoms with Gasteiger partial charge in [0.05, 0.1) is 0 Å². The van der Waals surface area contributed by atoms with E-state index in [1.807, 2.05) is 0 Å². The van der Waals surface area contributed by atoms with Crippen molar-refractivity contribution in [1.82, 2.24) is 4.90 Å². The molecule has 2 rings (SSSR count). The van der Waals surface area contributed by atoms with Crippen LogP contribution < -0.4 is 0 Å². The Labute approximate surface area is 115 Å². The van der Waals surface area contributed by atoms with Gasteiger partial charge in [0.15, 0.2) is 0 Å². The number of amides is 1. The van der Waals surface area contributed by atoms with Crippen molar-refractivity contribution in [2.75, 3.05) is 6.54 Å². The summed E-state index contributed by atoms with van der Waals surface area (Å²) < 4.78 is 0. The molecule has 0 aromatic rings. The maximum atomic E-state index is 12.4. The van der Waals surface area contributed by atoms with E-state index in [0.29, 0.717) is 25.3 Å². The molecule has 1 aliphatic carbocycles. The first-order valence-corrected chi connectivity index (χ1v) is 7.44. The summed E-state index contributed by atoms with van der Waals surface area (Å²) in [4.78, 5) is 25.1. The van der Waals surface area contributed by atoms with Gasteiger partial charge in [-0.25, -0.2) is 4.79 Å². The van der Waals surface area contributed by atoms with E-state index in [4.69, 9.17) is 5.11 Å². The number of carbonyl (C=O) groups is 2. The predicted molar refractivity (Wildman–Crippen MR) is 72.7 cm³/mol. The highest BCUT2D eigenvalue weighted by atomic mass is 16.4. The minimum Gasteiger partial charge on any atom is -0.480 e. The molecule has 1 unspecified atom stereocenters. The normalized spacial score (nSPS) is 30.3. The standard InChI is InChI=1S/C15H25NO3/c1-15(2)8-4-3-6-11(15)10-13(17)16-9-5-7-12(16)14(18)19/h11-12H,3-10H2,1-2H3,(H,18,19)/t11?,12-/m1/s1. The van der Waals surface area contributed by atoms with Gasteiger partial charge in [-0.2, -0.15) is 0 Å². The van der Waals surface area contributed by atoms with Crippen molar-refractivity contribution >= 4 is 11.9 Å². The fraction of sp³-hybridized carbons (Fsp3) is 0.867. The average Bonchev–Trinajstić information content (AvgIpc) is 2.80. The van der Waals surface area contributed by atoms with Crippen molar-refractivity contribution in [1.29, 1.82) is 0 Å². The Morgan fingerprint density at radius 2 is 1.95 bits per heavy atom. The molecule has 0 spiro atoms. The number of carboxylic acid groups (broad SMARTS) is 1. The Kier molecular flexibility index (Phi) is 4.16. The lowest BCUT2D eigenvalue weighted by Gasteiger charge is -2.39. The van der Waals surface area contributed by atoms with E-state index in [-0.39, 0.29) is 11.3 Å². The number of carboxylic acids is 1. The third kappa shape index (κ3) is 3.10. The molecule has 0 aromatic carbocycles. The molecule has 4 heteroatoms. The summed E-state index contributed by atoms with van der Waals surface area (Å²) in [5, 5.41) is 9.15. The number of aliphatic carboxylic acids is 1. The van der Waals surface area contributed by atoms with Crippen molar-refractivity contribution in [2.24, 2.45) is 11.3 Å². The topological polar surface area (TPSA) is 57.6 Å². The minimum absolute atomic E-state index is 0.0462. The number of nitrogens with zero attached hydrogens (tertiary/aromatic N) is 1. The molecule has 2 aliphatic rings. The molecule has 108 valence electrons. The van der Waals surface area contributed by atoms with Gasteiger partial charge < -0.3 is 10.0 Å². The Bertz CT molecular complexity index is 364. The van der Waals surface area contributed by atoms with Crippen LogP contribution in [0, 0.1) is 11.3 Å². The van der Waals surface area contributed by atoms with E-state index < -0.39 is 12.0 Å². The third-order valence-electron chi connectivity index (χ3n) is 5.01. The highest BCUT2D eigenvalue weighted by Gasteiger charge is 2.38. The van der Waals surface area contributed by atoms with Crippen LogP contribution in [0.25, 0.3) is 0 Å². The van der Waals surface area contributed by atoms with Gasteiger partial charge in [-0.05, 0) is 37.0 Å². The first kappa shape index (κ1) is 14.4. The average molecular weight is 267 g/mol. The molecule has 1 saturated heterocycles. The second-order valence-corrected chi connectivity index (χ2v) is 6.72. The number of carbonyl (C=O) groups excluding carboxylic acids is 1. The first-order valence-electron chi connectivity index (χ1n) is 7.44. The summed E-state index contributed by atoms with van der Waals surface area (Å²) >= 11 is 0. The molecular weight excluding hydrogens is 242 g/mol. The Balaban J connectivity index is 1.98. The van der Waals surface area contributed by atoms with Crippen LogP contribution in [-0.2, 0) is 9.59 Å². The smallest absolute Gasteiger partial charge is 0.326 e. The molecule has 0 bridgehead atoms. The molecule has 19 heavy (non-hydrogen) atoms. The van der Waals surface area contributed by atoms with Gasteiger partial charge >= 0.3 is 5.97 Å². The van der Waals surface area contributed by atoms with E-state index in [1.54, 1.807) is 4.90 Å². The van der Waals surface area contributed by atoms with Gasteiger partial charge in [0.25, 0.3) is 0 Å². The van der Waals surface area contributed by atoms with E-state index in [0.717, 1.165) is 12.8 Å². The summed E-state index contributed by atoms with van der Waals surface area (Å²) in [6, 6.07) is -0.584. The molecule has 1 N–H and O–H groups in total. The summed E-state index contributed by atoms with van der Waals surface area (Å²) in [6.07, 6.45) is 6.67. The molecule has 0 aromatic heterocycles. The van der Waals surface area contributed by atoms with E-state index in [9.17, 15) is 9.59 Å². The molecule has 2 atom stereocenters. The molecule has 1 saturated carbocycles. The van der Waals surface area contributed by atoms with Crippen LogP contribution >= 0.6 is 0 Å². The zero-order chi connectivity index (χ0) is 14.0. The quantitative estimate of drug-likeness (QED) is 0.855. The fourth-order valence-electron chi connectivity index (χ4n) is 3.59. The lowest BCUT2D eigenvalue weighted by atomic mass is 9.67. The Morgan fingerprint density at radius 3 is 2.58 bits per heavy atom. The van der Waals surface area contributed by atoms with Crippen LogP contribution in [0.15, 0.2) is 0 Å². The van der Waals surface area contributed by atoms with Gasteiger partial charge in [-0.15, -0.1) is 0 Å². The van der Waals surface area contributed by atoms with Gasteiger partial charge in [0.1, 0.15) is 6.04 Å². The van der Waals surface area contributed by atoms with Crippen molar-refractivity contribution < 1.29 is 14.7 Å². The highest BCUT2D eigenvalue weighted by molar-refractivity contribution is 5.84. The molecule has 1 amide bonds. The summed E-state index contributed by atoms with van der Waals surface area (Å²) in [6.45, 7) is 5.09. The maximum Gasteiger partial charge on any atom is 0.326 e. The summed E-state index contributed by atoms with van der Waals surface area (Å²) in [5.41, 5.74) is 0.215. The minimum atomic E-state index is -0.853. The van der Waals surface area contributed by atoms with Crippen molar-refractivity contribution in [3.63, 3.8) is 0 Å². The fourth-order valence-corrected chi connectivity index (χ4v) is 3.59. The SMILES string of the molecule is CC1(C)CCCCC1CC(=O)N1CCC[C@@H]1C(=O)O. The maximum absolute atomic E-state index is 12.4. The number of hydrogen-bond acceptors (Lipinski definition) is 2. The van der Waals surface area contributed by atoms with Crippen molar-refractivity contribution in [3.05, 3.63) is 0 Å². The van der Waals surface area contributed by atoms with Crippen LogP contribution in [0.4, 0.5) is 0 Å². The first-order chi connectivity index (χ1) is 8.92. The number of hydrogen-bond donors (Lipinski definition) is 1. The third-order valence-corrected chi connectivity index (χ3v) is 5.01.